The number of aryl methyl sites for hydroxylation is 1. The normalized spacial score (nSPS) is 13.4. The number of methoxy groups -OCH3 is 1. The maximum Gasteiger partial charge on any atom is 0.381 e. The number of nitrogens with zero attached hydrogens (tertiary/aromatic N) is 1. The van der Waals surface area contributed by atoms with E-state index in [1.807, 2.05) is 0 Å². The van der Waals surface area contributed by atoms with Crippen molar-refractivity contribution < 1.29 is 23.8 Å². The molecular weight excluding hydrogens is 279 g/mol. The van der Waals surface area contributed by atoms with Crippen molar-refractivity contribution in [2.24, 2.45) is 0 Å². The number of hydrogen-bond acceptors (Lipinski definition) is 5. The third-order valence-electron chi connectivity index (χ3n) is 2.18. The molecule has 0 amide bonds. The second kappa shape index (κ2) is 6.78. The van der Waals surface area contributed by atoms with Crippen LogP contribution in [0.15, 0.2) is 21.9 Å². The Morgan fingerprint density at radius 1 is 1.47 bits per heavy atom. The van der Waals surface area contributed by atoms with E-state index in [1.165, 1.54) is 16.8 Å². The third kappa shape index (κ3) is 5.09. The standard InChI is InChI=1S/C9H15N2O7P/c1-17-9(19(14,15)16)18-6-2-4-11-5-3-7(12)10-8(11)13/h3,5,9H,2,4,6H2,1H3,(H,10,12,13)(H2,14,15,16). The Morgan fingerprint density at radius 3 is 2.68 bits per heavy atom. The molecule has 19 heavy (non-hydrogen) atoms. The quantitative estimate of drug-likeness (QED) is 0.335. The molecule has 1 rings (SSSR count). The highest BCUT2D eigenvalue weighted by Crippen LogP contribution is 2.41. The number of aromatic amines is 1. The van der Waals surface area contributed by atoms with Crippen LogP contribution in [0.1, 0.15) is 6.42 Å². The zero-order valence-electron chi connectivity index (χ0n) is 10.2. The fourth-order valence-electron chi connectivity index (χ4n) is 1.34. The van der Waals surface area contributed by atoms with E-state index in [0.717, 1.165) is 7.11 Å². The van der Waals surface area contributed by atoms with E-state index in [9.17, 15) is 14.2 Å². The smallest absolute Gasteiger partial charge is 0.346 e. The first-order chi connectivity index (χ1) is 8.84. The Labute approximate surface area is 108 Å². The highest BCUT2D eigenvalue weighted by Gasteiger charge is 2.29. The van der Waals surface area contributed by atoms with Crippen molar-refractivity contribution >= 4 is 7.60 Å². The molecule has 9 nitrogen and oxygen atoms in total. The van der Waals surface area contributed by atoms with E-state index < -0.39 is 24.9 Å². The molecule has 10 heteroatoms. The van der Waals surface area contributed by atoms with Crippen LogP contribution in [-0.4, -0.2) is 39.1 Å². The van der Waals surface area contributed by atoms with E-state index >= 15 is 0 Å². The number of H-pyrrole nitrogens is 1. The van der Waals surface area contributed by atoms with Gasteiger partial charge in [-0.25, -0.2) is 4.79 Å². The van der Waals surface area contributed by atoms with Crippen LogP contribution >= 0.6 is 7.60 Å². The summed E-state index contributed by atoms with van der Waals surface area (Å²) in [6.45, 7) is 0.238. The molecular formula is C9H15N2O7P. The van der Waals surface area contributed by atoms with Gasteiger partial charge in [0.05, 0.1) is 6.61 Å². The summed E-state index contributed by atoms with van der Waals surface area (Å²) >= 11 is 0. The predicted molar refractivity (Wildman–Crippen MR) is 64.7 cm³/mol. The largest absolute Gasteiger partial charge is 0.381 e. The molecule has 1 heterocycles. The molecule has 108 valence electrons. The average Bonchev–Trinajstić information content (AvgIpc) is 2.29. The topological polar surface area (TPSA) is 131 Å². The molecule has 1 aromatic heterocycles. The van der Waals surface area contributed by atoms with Gasteiger partial charge in [-0.1, -0.05) is 0 Å². The monoisotopic (exact) mass is 294 g/mol. The van der Waals surface area contributed by atoms with Gasteiger partial charge in [0.25, 0.3) is 11.6 Å². The van der Waals surface area contributed by atoms with E-state index in [1.54, 1.807) is 0 Å². The fraction of sp³-hybridized carbons (Fsp3) is 0.556. The van der Waals surface area contributed by atoms with Crippen LogP contribution in [0.25, 0.3) is 0 Å². The predicted octanol–water partition coefficient (Wildman–Crippen LogP) is -0.949. The Bertz CT molecular complexity index is 560. The van der Waals surface area contributed by atoms with Crippen LogP contribution in [0, 0.1) is 0 Å². The second-order valence-electron chi connectivity index (χ2n) is 3.66. The zero-order chi connectivity index (χ0) is 14.5. The van der Waals surface area contributed by atoms with Gasteiger partial charge in [0.15, 0.2) is 0 Å². The number of aromatic nitrogens is 2. The first kappa shape index (κ1) is 15.8. The van der Waals surface area contributed by atoms with Crippen molar-refractivity contribution in [2.45, 2.75) is 19.0 Å². The summed E-state index contributed by atoms with van der Waals surface area (Å²) in [5, 5.41) is 0. The number of ether oxygens (including phenoxy) is 2. The fourth-order valence-corrected chi connectivity index (χ4v) is 1.92. The van der Waals surface area contributed by atoms with Gasteiger partial charge in [0.1, 0.15) is 0 Å². The molecule has 0 saturated heterocycles. The molecule has 0 spiro atoms. The van der Waals surface area contributed by atoms with Crippen LogP contribution in [0.4, 0.5) is 0 Å². The first-order valence-corrected chi connectivity index (χ1v) is 7.02. The molecule has 1 atom stereocenters. The first-order valence-electron chi connectivity index (χ1n) is 5.34. The van der Waals surface area contributed by atoms with E-state index in [-0.39, 0.29) is 13.2 Å². The molecule has 0 radical (unpaired) electrons. The van der Waals surface area contributed by atoms with Crippen molar-refractivity contribution in [3.63, 3.8) is 0 Å². The Morgan fingerprint density at radius 2 is 2.16 bits per heavy atom. The maximum atomic E-state index is 11.3. The Balaban J connectivity index is 2.45. The Kier molecular flexibility index (Phi) is 5.64. The molecule has 0 aliphatic rings. The summed E-state index contributed by atoms with van der Waals surface area (Å²) in [6, 6.07) is -0.407. The van der Waals surface area contributed by atoms with Gasteiger partial charge in [-0.05, 0) is 6.42 Å². The summed E-state index contributed by atoms with van der Waals surface area (Å²) in [5.74, 6) is 0. The minimum Gasteiger partial charge on any atom is -0.346 e. The second-order valence-corrected chi connectivity index (χ2v) is 5.26. The van der Waals surface area contributed by atoms with E-state index in [2.05, 4.69) is 9.72 Å². The van der Waals surface area contributed by atoms with Crippen molar-refractivity contribution in [3.05, 3.63) is 33.1 Å². The summed E-state index contributed by atoms with van der Waals surface area (Å²) in [7, 11) is -3.34. The minimum atomic E-state index is -4.46. The van der Waals surface area contributed by atoms with Gasteiger partial charge in [-0.15, -0.1) is 0 Å². The summed E-state index contributed by atoms with van der Waals surface area (Å²) in [4.78, 5) is 41.9. The molecule has 1 unspecified atom stereocenters. The van der Waals surface area contributed by atoms with Gasteiger partial charge in [-0.3, -0.25) is 14.3 Å². The van der Waals surface area contributed by atoms with Gasteiger partial charge >= 0.3 is 13.3 Å². The molecule has 0 aliphatic heterocycles. The number of hydrogen-bond donors (Lipinski definition) is 3. The van der Waals surface area contributed by atoms with Gasteiger partial charge in [0, 0.05) is 25.9 Å². The van der Waals surface area contributed by atoms with Crippen molar-refractivity contribution in [1.29, 1.82) is 0 Å². The maximum absolute atomic E-state index is 11.3. The number of nitrogens with one attached hydrogen (secondary N) is 1. The van der Waals surface area contributed by atoms with Crippen LogP contribution in [0.5, 0.6) is 0 Å². The van der Waals surface area contributed by atoms with Crippen LogP contribution < -0.4 is 11.2 Å². The molecule has 0 saturated carbocycles. The van der Waals surface area contributed by atoms with Crippen LogP contribution in [0.2, 0.25) is 0 Å². The van der Waals surface area contributed by atoms with Crippen molar-refractivity contribution in [2.75, 3.05) is 13.7 Å². The van der Waals surface area contributed by atoms with Gasteiger partial charge < -0.3 is 23.8 Å². The summed E-state index contributed by atoms with van der Waals surface area (Å²) < 4.78 is 21.5. The van der Waals surface area contributed by atoms with E-state index in [0.29, 0.717) is 6.42 Å². The lowest BCUT2D eigenvalue weighted by Crippen LogP contribution is -2.29. The lowest BCUT2D eigenvalue weighted by Gasteiger charge is -2.17. The summed E-state index contributed by atoms with van der Waals surface area (Å²) in [5.41, 5.74) is -1.04. The molecule has 3 N–H and O–H groups in total. The van der Waals surface area contributed by atoms with Crippen LogP contribution in [-0.2, 0) is 20.6 Å². The third-order valence-corrected chi connectivity index (χ3v) is 3.09. The van der Waals surface area contributed by atoms with Gasteiger partial charge in [-0.2, -0.15) is 0 Å². The molecule has 0 fully saturated rings. The molecule has 0 aliphatic carbocycles. The van der Waals surface area contributed by atoms with Crippen molar-refractivity contribution in [1.82, 2.24) is 9.55 Å². The zero-order valence-corrected chi connectivity index (χ0v) is 11.1. The highest BCUT2D eigenvalue weighted by molar-refractivity contribution is 7.52. The molecule has 0 bridgehead atoms. The average molecular weight is 294 g/mol. The number of rotatable bonds is 7. The lowest BCUT2D eigenvalue weighted by molar-refractivity contribution is -0.0818. The summed E-state index contributed by atoms with van der Waals surface area (Å²) in [6.07, 6.45) is 1.66. The Hall–Kier alpha value is -1.25. The SMILES string of the molecule is COC(OCCCn1ccc(=O)[nH]c1=O)P(=O)(O)O. The van der Waals surface area contributed by atoms with Crippen molar-refractivity contribution in [3.8, 4) is 0 Å². The molecule has 1 aromatic rings. The highest BCUT2D eigenvalue weighted by atomic mass is 31.2. The van der Waals surface area contributed by atoms with Crippen LogP contribution in [0.3, 0.4) is 0 Å². The van der Waals surface area contributed by atoms with Gasteiger partial charge in [0.2, 0.25) is 0 Å². The lowest BCUT2D eigenvalue weighted by atomic mass is 10.4. The minimum absolute atomic E-state index is 0.00478. The van der Waals surface area contributed by atoms with E-state index in [4.69, 9.17) is 14.5 Å². The molecule has 0 aromatic carbocycles.